The predicted molar refractivity (Wildman–Crippen MR) is 64.5 cm³/mol. The number of benzene rings is 1. The van der Waals surface area contributed by atoms with E-state index >= 15 is 0 Å². The summed E-state index contributed by atoms with van der Waals surface area (Å²) in [6.45, 7) is 2.11. The Morgan fingerprint density at radius 2 is 2.12 bits per heavy atom. The molecule has 0 unspecified atom stereocenters. The zero-order chi connectivity index (χ0) is 12.1. The van der Waals surface area contributed by atoms with Crippen molar-refractivity contribution in [1.82, 2.24) is 0 Å². The highest BCUT2D eigenvalue weighted by Gasteiger charge is 2.11. The number of hydrogen-bond acceptors (Lipinski definition) is 3. The van der Waals surface area contributed by atoms with Gasteiger partial charge in [-0.25, -0.2) is 0 Å². The number of primary amides is 1. The fourth-order valence-corrected chi connectivity index (χ4v) is 1.61. The zero-order valence-corrected chi connectivity index (χ0v) is 9.75. The van der Waals surface area contributed by atoms with E-state index in [1.54, 1.807) is 19.2 Å². The fourth-order valence-electron chi connectivity index (χ4n) is 1.61. The number of hydrogen-bond donors (Lipinski definition) is 2. The minimum absolute atomic E-state index is 0.384. The molecule has 0 aliphatic heterocycles. The van der Waals surface area contributed by atoms with Gasteiger partial charge < -0.3 is 16.2 Å². The van der Waals surface area contributed by atoms with Crippen LogP contribution in [0.1, 0.15) is 35.7 Å². The van der Waals surface area contributed by atoms with Gasteiger partial charge in [0.25, 0.3) is 0 Å². The molecule has 0 fully saturated rings. The van der Waals surface area contributed by atoms with Gasteiger partial charge in [0.1, 0.15) is 5.75 Å². The maximum absolute atomic E-state index is 11.1. The van der Waals surface area contributed by atoms with E-state index in [0.29, 0.717) is 17.0 Å². The van der Waals surface area contributed by atoms with Crippen molar-refractivity contribution in [2.75, 3.05) is 12.8 Å². The van der Waals surface area contributed by atoms with Crippen molar-refractivity contribution >= 4 is 11.6 Å². The van der Waals surface area contributed by atoms with Crippen molar-refractivity contribution in [3.8, 4) is 5.75 Å². The first kappa shape index (κ1) is 12.4. The molecule has 0 spiro atoms. The molecule has 4 heteroatoms. The summed E-state index contributed by atoms with van der Waals surface area (Å²) in [6.07, 6.45) is 2.97. The third kappa shape index (κ3) is 2.66. The van der Waals surface area contributed by atoms with Crippen LogP contribution in [0.5, 0.6) is 5.75 Å². The Morgan fingerprint density at radius 3 is 2.62 bits per heavy atom. The van der Waals surface area contributed by atoms with Crippen molar-refractivity contribution < 1.29 is 9.53 Å². The second-order valence-electron chi connectivity index (χ2n) is 3.71. The number of carbonyl (C=O) groups is 1. The molecule has 0 aromatic heterocycles. The summed E-state index contributed by atoms with van der Waals surface area (Å²) in [6, 6.07) is 3.25. The van der Waals surface area contributed by atoms with E-state index in [-0.39, 0.29) is 0 Å². The van der Waals surface area contributed by atoms with Gasteiger partial charge in [-0.3, -0.25) is 4.79 Å². The lowest BCUT2D eigenvalue weighted by Crippen LogP contribution is -2.12. The van der Waals surface area contributed by atoms with Gasteiger partial charge in [0.05, 0.1) is 7.11 Å². The summed E-state index contributed by atoms with van der Waals surface area (Å²) in [7, 11) is 1.56. The third-order valence-electron chi connectivity index (χ3n) is 2.53. The summed E-state index contributed by atoms with van der Waals surface area (Å²) in [5.41, 5.74) is 13.0. The lowest BCUT2D eigenvalue weighted by Gasteiger charge is -2.12. The average Bonchev–Trinajstić information content (AvgIpc) is 2.26. The number of amides is 1. The first-order valence-electron chi connectivity index (χ1n) is 5.36. The molecule has 0 heterocycles. The number of methoxy groups -OCH3 is 1. The number of unbranched alkanes of at least 4 members (excludes halogenated alkanes) is 1. The minimum Gasteiger partial charge on any atom is -0.496 e. The Kier molecular flexibility index (Phi) is 4.17. The molecule has 0 bridgehead atoms. The molecule has 0 saturated heterocycles. The number of nitrogens with two attached hydrogens (primary N) is 2. The van der Waals surface area contributed by atoms with Gasteiger partial charge in [-0.1, -0.05) is 13.3 Å². The van der Waals surface area contributed by atoms with Gasteiger partial charge in [0, 0.05) is 16.8 Å². The maximum atomic E-state index is 11.1. The smallest absolute Gasteiger partial charge is 0.248 e. The molecule has 1 rings (SSSR count). The normalized spacial score (nSPS) is 10.1. The molecule has 0 aliphatic rings. The second-order valence-corrected chi connectivity index (χ2v) is 3.71. The molecule has 0 aliphatic carbocycles. The van der Waals surface area contributed by atoms with Crippen LogP contribution in [0.4, 0.5) is 5.69 Å². The molecule has 88 valence electrons. The number of ether oxygens (including phenoxy) is 1. The fraction of sp³-hybridized carbons (Fsp3) is 0.417. The first-order chi connectivity index (χ1) is 7.60. The van der Waals surface area contributed by atoms with Crippen molar-refractivity contribution in [3.63, 3.8) is 0 Å². The summed E-state index contributed by atoms with van der Waals surface area (Å²) in [5, 5.41) is 0. The van der Waals surface area contributed by atoms with Crippen molar-refractivity contribution in [3.05, 3.63) is 23.3 Å². The molecule has 16 heavy (non-hydrogen) atoms. The van der Waals surface area contributed by atoms with Crippen molar-refractivity contribution in [2.24, 2.45) is 5.73 Å². The van der Waals surface area contributed by atoms with E-state index in [9.17, 15) is 4.79 Å². The predicted octanol–water partition coefficient (Wildman–Crippen LogP) is 1.72. The average molecular weight is 222 g/mol. The molecule has 1 aromatic carbocycles. The molecular formula is C12H18N2O2. The highest BCUT2D eigenvalue weighted by Crippen LogP contribution is 2.28. The highest BCUT2D eigenvalue weighted by atomic mass is 16.5. The number of rotatable bonds is 5. The van der Waals surface area contributed by atoms with Crippen LogP contribution in [-0.2, 0) is 6.42 Å². The van der Waals surface area contributed by atoms with E-state index in [4.69, 9.17) is 16.2 Å². The van der Waals surface area contributed by atoms with Crippen molar-refractivity contribution in [1.29, 1.82) is 0 Å². The molecule has 4 nitrogen and oxygen atoms in total. The highest BCUT2D eigenvalue weighted by molar-refractivity contribution is 5.94. The second kappa shape index (κ2) is 5.39. The SMILES string of the molecule is CCCCc1c(N)cc(C(N)=O)cc1OC. The Morgan fingerprint density at radius 1 is 1.44 bits per heavy atom. The topological polar surface area (TPSA) is 78.3 Å². The quantitative estimate of drug-likeness (QED) is 0.744. The van der Waals surface area contributed by atoms with E-state index < -0.39 is 5.91 Å². The van der Waals surface area contributed by atoms with Gasteiger partial charge in [-0.2, -0.15) is 0 Å². The van der Waals surface area contributed by atoms with Gasteiger partial charge in [0.2, 0.25) is 5.91 Å². The lowest BCUT2D eigenvalue weighted by atomic mass is 10.0. The van der Waals surface area contributed by atoms with E-state index in [0.717, 1.165) is 24.8 Å². The number of carbonyl (C=O) groups excluding carboxylic acids is 1. The van der Waals surface area contributed by atoms with E-state index in [2.05, 4.69) is 6.92 Å². The van der Waals surface area contributed by atoms with Crippen LogP contribution in [0.3, 0.4) is 0 Å². The molecule has 0 saturated carbocycles. The zero-order valence-electron chi connectivity index (χ0n) is 9.75. The van der Waals surface area contributed by atoms with Crippen LogP contribution in [0.25, 0.3) is 0 Å². The monoisotopic (exact) mass is 222 g/mol. The van der Waals surface area contributed by atoms with Crippen LogP contribution >= 0.6 is 0 Å². The van der Waals surface area contributed by atoms with Crippen LogP contribution in [0.15, 0.2) is 12.1 Å². The summed E-state index contributed by atoms with van der Waals surface area (Å²) in [5.74, 6) is 0.147. The Bertz CT molecular complexity index is 389. The first-order valence-corrected chi connectivity index (χ1v) is 5.36. The van der Waals surface area contributed by atoms with Gasteiger partial charge in [-0.15, -0.1) is 0 Å². The molecule has 0 radical (unpaired) electrons. The van der Waals surface area contributed by atoms with E-state index in [1.165, 1.54) is 0 Å². The molecule has 0 atom stereocenters. The third-order valence-corrected chi connectivity index (χ3v) is 2.53. The number of nitrogen functional groups attached to an aromatic ring is 1. The standard InChI is InChI=1S/C12H18N2O2/c1-3-4-5-9-10(13)6-8(12(14)15)7-11(9)16-2/h6-7H,3-5,13H2,1-2H3,(H2,14,15). The van der Waals surface area contributed by atoms with Crippen LogP contribution in [-0.4, -0.2) is 13.0 Å². The van der Waals surface area contributed by atoms with Gasteiger partial charge >= 0.3 is 0 Å². The molecular weight excluding hydrogens is 204 g/mol. The van der Waals surface area contributed by atoms with Gasteiger partial charge in [0.15, 0.2) is 0 Å². The Hall–Kier alpha value is -1.71. The van der Waals surface area contributed by atoms with Crippen LogP contribution in [0, 0.1) is 0 Å². The van der Waals surface area contributed by atoms with Crippen LogP contribution in [0.2, 0.25) is 0 Å². The largest absolute Gasteiger partial charge is 0.496 e. The number of anilines is 1. The molecule has 1 aromatic rings. The Balaban J connectivity index is 3.12. The summed E-state index contributed by atoms with van der Waals surface area (Å²) < 4.78 is 5.23. The Labute approximate surface area is 95.6 Å². The summed E-state index contributed by atoms with van der Waals surface area (Å²) in [4.78, 5) is 11.1. The van der Waals surface area contributed by atoms with E-state index in [1.807, 2.05) is 0 Å². The summed E-state index contributed by atoms with van der Waals surface area (Å²) >= 11 is 0. The van der Waals surface area contributed by atoms with Crippen molar-refractivity contribution in [2.45, 2.75) is 26.2 Å². The maximum Gasteiger partial charge on any atom is 0.248 e. The minimum atomic E-state index is -0.493. The lowest BCUT2D eigenvalue weighted by molar-refractivity contribution is 0.1000. The van der Waals surface area contributed by atoms with Gasteiger partial charge in [-0.05, 0) is 25.0 Å². The van der Waals surface area contributed by atoms with Crippen LogP contribution < -0.4 is 16.2 Å². The molecule has 4 N–H and O–H groups in total. The molecule has 1 amide bonds.